The molecule has 0 spiro atoms. The van der Waals surface area contributed by atoms with Crippen molar-refractivity contribution in [2.75, 3.05) is 11.9 Å². The molecule has 38 heavy (non-hydrogen) atoms. The highest BCUT2D eigenvalue weighted by Gasteiger charge is 2.34. The molecule has 0 saturated carbocycles. The normalized spacial score (nSPS) is 14.4. The fourth-order valence-electron chi connectivity index (χ4n) is 4.39. The topological polar surface area (TPSA) is 90.3 Å². The number of amides is 1. The number of allylic oxidation sites excluding steroid dienone is 1. The van der Waals surface area contributed by atoms with Crippen molar-refractivity contribution in [1.82, 2.24) is 20.1 Å². The number of anilines is 1. The number of nitrogens with one attached hydrogen (secondary N) is 2. The maximum Gasteiger partial charge on any atom is 0.251 e. The van der Waals surface area contributed by atoms with Gasteiger partial charge in [-0.1, -0.05) is 48.5 Å². The molecule has 8 nitrogen and oxygen atoms in total. The molecule has 1 unspecified atom stereocenters. The molecular weight excluding hydrogens is 485 g/mol. The van der Waals surface area contributed by atoms with Crippen LogP contribution in [0.4, 0.5) is 10.3 Å². The maximum absolute atomic E-state index is 13.5. The van der Waals surface area contributed by atoms with Crippen LogP contribution >= 0.6 is 0 Å². The fraction of sp³-hybridized carbons (Fsp3) is 0.207. The third-order valence-electron chi connectivity index (χ3n) is 6.23. The van der Waals surface area contributed by atoms with Gasteiger partial charge in [-0.25, -0.2) is 9.07 Å². The number of rotatable bonds is 9. The summed E-state index contributed by atoms with van der Waals surface area (Å²) in [6.07, 6.45) is 1.46. The van der Waals surface area contributed by atoms with E-state index < -0.39 is 6.04 Å². The van der Waals surface area contributed by atoms with Crippen LogP contribution in [0.2, 0.25) is 0 Å². The van der Waals surface area contributed by atoms with E-state index in [2.05, 4.69) is 20.7 Å². The van der Waals surface area contributed by atoms with Gasteiger partial charge in [-0.05, 0) is 54.8 Å². The Labute approximate surface area is 220 Å². The maximum atomic E-state index is 13.5. The Kier molecular flexibility index (Phi) is 7.35. The first-order valence-corrected chi connectivity index (χ1v) is 12.4. The third kappa shape index (κ3) is 5.36. The molecule has 1 atom stereocenters. The average molecular weight is 514 g/mol. The summed E-state index contributed by atoms with van der Waals surface area (Å²) >= 11 is 0. The second-order valence-electron chi connectivity index (χ2n) is 8.82. The van der Waals surface area contributed by atoms with E-state index in [1.165, 1.54) is 18.5 Å². The van der Waals surface area contributed by atoms with Crippen molar-refractivity contribution in [3.05, 3.63) is 113 Å². The summed E-state index contributed by atoms with van der Waals surface area (Å²) < 4.78 is 26.9. The van der Waals surface area contributed by atoms with Gasteiger partial charge in [0.15, 0.2) is 11.5 Å². The number of aromatic nitrogens is 3. The number of carbonyl (C=O) groups excluding carboxylic acids is 1. The summed E-state index contributed by atoms with van der Waals surface area (Å²) in [7, 11) is 0. The standard InChI is InChI=1S/C29H28FN5O3/c1-3-37-25-15-22(11-14-24(25)38-17-21-9-12-23(30)13-10-21)27-26(19(2)34-29-32-18-33-35(27)29)28(36)31-16-20-7-5-4-6-8-20/h4-15,18,27H,3,16-17H2,1-2H3,(H,31,36)(H,32,33,34). The zero-order chi connectivity index (χ0) is 26.5. The lowest BCUT2D eigenvalue weighted by molar-refractivity contribution is -0.118. The van der Waals surface area contributed by atoms with Gasteiger partial charge in [0, 0.05) is 12.2 Å². The van der Waals surface area contributed by atoms with Gasteiger partial charge in [0.2, 0.25) is 5.95 Å². The van der Waals surface area contributed by atoms with Gasteiger partial charge in [0.05, 0.1) is 12.2 Å². The quantitative estimate of drug-likeness (QED) is 0.327. The van der Waals surface area contributed by atoms with Crippen molar-refractivity contribution in [3.8, 4) is 11.5 Å². The third-order valence-corrected chi connectivity index (χ3v) is 6.23. The molecule has 0 bridgehead atoms. The minimum Gasteiger partial charge on any atom is -0.490 e. The molecule has 2 N–H and O–H groups in total. The van der Waals surface area contributed by atoms with Crippen LogP contribution in [0.1, 0.15) is 36.6 Å². The van der Waals surface area contributed by atoms with Crippen LogP contribution < -0.4 is 20.1 Å². The highest BCUT2D eigenvalue weighted by molar-refractivity contribution is 5.96. The van der Waals surface area contributed by atoms with E-state index in [0.717, 1.165) is 16.7 Å². The summed E-state index contributed by atoms with van der Waals surface area (Å²) in [6.45, 7) is 4.83. The molecule has 0 saturated heterocycles. The second-order valence-corrected chi connectivity index (χ2v) is 8.82. The first-order chi connectivity index (χ1) is 18.5. The van der Waals surface area contributed by atoms with Crippen molar-refractivity contribution in [2.45, 2.75) is 33.0 Å². The van der Waals surface area contributed by atoms with Crippen molar-refractivity contribution in [2.24, 2.45) is 0 Å². The molecule has 2 heterocycles. The number of halogens is 1. The molecular formula is C29H28FN5O3. The average Bonchev–Trinajstić information content (AvgIpc) is 3.40. The summed E-state index contributed by atoms with van der Waals surface area (Å²) in [5, 5.41) is 10.6. The van der Waals surface area contributed by atoms with Crippen LogP contribution in [0, 0.1) is 5.82 Å². The first-order valence-electron chi connectivity index (χ1n) is 12.4. The number of fused-ring (bicyclic) bond motifs is 1. The van der Waals surface area contributed by atoms with E-state index in [9.17, 15) is 9.18 Å². The van der Waals surface area contributed by atoms with E-state index >= 15 is 0 Å². The Morgan fingerprint density at radius 2 is 1.82 bits per heavy atom. The minimum atomic E-state index is -0.533. The molecule has 194 valence electrons. The molecule has 5 rings (SSSR count). The molecule has 0 fully saturated rings. The Balaban J connectivity index is 1.44. The van der Waals surface area contributed by atoms with Gasteiger partial charge in [-0.3, -0.25) is 4.79 Å². The minimum absolute atomic E-state index is 0.209. The van der Waals surface area contributed by atoms with Gasteiger partial charge in [-0.2, -0.15) is 10.1 Å². The smallest absolute Gasteiger partial charge is 0.251 e. The van der Waals surface area contributed by atoms with Gasteiger partial charge >= 0.3 is 0 Å². The first kappa shape index (κ1) is 25.0. The summed E-state index contributed by atoms with van der Waals surface area (Å²) in [4.78, 5) is 17.8. The van der Waals surface area contributed by atoms with E-state index in [-0.39, 0.29) is 18.3 Å². The molecule has 1 amide bonds. The molecule has 1 aromatic heterocycles. The summed E-state index contributed by atoms with van der Waals surface area (Å²) in [5.41, 5.74) is 3.85. The van der Waals surface area contributed by atoms with Crippen molar-refractivity contribution >= 4 is 11.9 Å². The van der Waals surface area contributed by atoms with Crippen LogP contribution in [-0.4, -0.2) is 27.3 Å². The van der Waals surface area contributed by atoms with Crippen LogP contribution in [0.25, 0.3) is 0 Å². The number of hydrogen-bond acceptors (Lipinski definition) is 6. The van der Waals surface area contributed by atoms with E-state index in [1.807, 2.05) is 62.4 Å². The van der Waals surface area contributed by atoms with Crippen LogP contribution in [0.3, 0.4) is 0 Å². The molecule has 4 aromatic rings. The second kappa shape index (κ2) is 11.2. The Hall–Kier alpha value is -4.66. The molecule has 9 heteroatoms. The zero-order valence-corrected chi connectivity index (χ0v) is 21.1. The van der Waals surface area contributed by atoms with Crippen molar-refractivity contribution < 1.29 is 18.7 Å². The van der Waals surface area contributed by atoms with Gasteiger partial charge in [-0.15, -0.1) is 0 Å². The Bertz CT molecular complexity index is 1450. The highest BCUT2D eigenvalue weighted by atomic mass is 19.1. The molecule has 1 aliphatic rings. The summed E-state index contributed by atoms with van der Waals surface area (Å²) in [6, 6.07) is 20.9. The predicted molar refractivity (Wildman–Crippen MR) is 141 cm³/mol. The molecule has 0 radical (unpaired) electrons. The lowest BCUT2D eigenvalue weighted by Crippen LogP contribution is -2.34. The van der Waals surface area contributed by atoms with Crippen LogP contribution in [0.15, 0.2) is 90.4 Å². The zero-order valence-electron chi connectivity index (χ0n) is 21.1. The lowest BCUT2D eigenvalue weighted by atomic mass is 9.94. The number of benzene rings is 3. The van der Waals surface area contributed by atoms with E-state index in [4.69, 9.17) is 9.47 Å². The SMILES string of the molecule is CCOc1cc(C2C(C(=O)NCc3ccccc3)=C(C)Nc3ncnn32)ccc1OCc1ccc(F)cc1. The predicted octanol–water partition coefficient (Wildman–Crippen LogP) is 5.00. The van der Waals surface area contributed by atoms with Gasteiger partial charge < -0.3 is 20.1 Å². The Morgan fingerprint density at radius 1 is 1.03 bits per heavy atom. The monoisotopic (exact) mass is 513 g/mol. The largest absolute Gasteiger partial charge is 0.490 e. The number of carbonyl (C=O) groups is 1. The molecule has 1 aliphatic heterocycles. The van der Waals surface area contributed by atoms with Crippen molar-refractivity contribution in [1.29, 1.82) is 0 Å². The van der Waals surface area contributed by atoms with E-state index in [1.54, 1.807) is 16.8 Å². The van der Waals surface area contributed by atoms with Gasteiger partial charge in [0.25, 0.3) is 5.91 Å². The lowest BCUT2D eigenvalue weighted by Gasteiger charge is -2.29. The molecule has 3 aromatic carbocycles. The highest BCUT2D eigenvalue weighted by Crippen LogP contribution is 2.38. The number of nitrogens with zero attached hydrogens (tertiary/aromatic N) is 3. The van der Waals surface area contributed by atoms with Crippen molar-refractivity contribution in [3.63, 3.8) is 0 Å². The number of ether oxygens (including phenoxy) is 2. The van der Waals surface area contributed by atoms with Gasteiger partial charge in [0.1, 0.15) is 24.8 Å². The fourth-order valence-corrected chi connectivity index (χ4v) is 4.39. The number of hydrogen-bond donors (Lipinski definition) is 2. The summed E-state index contributed by atoms with van der Waals surface area (Å²) in [5.74, 6) is 1.12. The van der Waals surface area contributed by atoms with Crippen LogP contribution in [0.5, 0.6) is 11.5 Å². The van der Waals surface area contributed by atoms with E-state index in [0.29, 0.717) is 41.9 Å². The Morgan fingerprint density at radius 3 is 2.58 bits per heavy atom. The van der Waals surface area contributed by atoms with Crippen LogP contribution in [-0.2, 0) is 17.9 Å². The molecule has 0 aliphatic carbocycles.